The van der Waals surface area contributed by atoms with E-state index in [-0.39, 0.29) is 5.97 Å². The Labute approximate surface area is 112 Å². The van der Waals surface area contributed by atoms with Crippen LogP contribution in [-0.2, 0) is 24.6 Å². The monoisotopic (exact) mass is 255 g/mol. The molecule has 1 aromatic heterocycles. The quantitative estimate of drug-likeness (QED) is 0.734. The summed E-state index contributed by atoms with van der Waals surface area (Å²) in [5.74, 6) is -0.240. The number of hydrogen-bond donors (Lipinski definition) is 0. The van der Waals surface area contributed by atoms with Gasteiger partial charge in [0.05, 0.1) is 18.4 Å². The minimum absolute atomic E-state index is 0.240. The van der Waals surface area contributed by atoms with Gasteiger partial charge in [-0.1, -0.05) is 24.3 Å². The van der Waals surface area contributed by atoms with Crippen LogP contribution in [0.25, 0.3) is 11.3 Å². The first-order valence-electron chi connectivity index (χ1n) is 6.57. The number of carbonyl (C=O) groups is 1. The fourth-order valence-corrected chi connectivity index (χ4v) is 2.99. The average Bonchev–Trinajstić information content (AvgIpc) is 2.64. The van der Waals surface area contributed by atoms with E-state index in [1.165, 1.54) is 18.2 Å². The predicted octanol–water partition coefficient (Wildman–Crippen LogP) is 2.97. The van der Waals surface area contributed by atoms with Crippen LogP contribution in [-0.4, -0.2) is 17.6 Å². The van der Waals surface area contributed by atoms with Crippen molar-refractivity contribution in [2.45, 2.75) is 19.3 Å². The molecule has 0 saturated carbocycles. The molecule has 1 heterocycles. The molecule has 3 nitrogen and oxygen atoms in total. The summed E-state index contributed by atoms with van der Waals surface area (Å²) in [4.78, 5) is 11.9. The molecule has 0 atom stereocenters. The van der Waals surface area contributed by atoms with Gasteiger partial charge < -0.3 is 9.30 Å². The predicted molar refractivity (Wildman–Crippen MR) is 74.2 cm³/mol. The van der Waals surface area contributed by atoms with E-state index in [1.807, 2.05) is 17.8 Å². The second kappa shape index (κ2) is 4.57. The zero-order valence-corrected chi connectivity index (χ0v) is 11.3. The summed E-state index contributed by atoms with van der Waals surface area (Å²) >= 11 is 0. The van der Waals surface area contributed by atoms with Crippen LogP contribution in [0, 0.1) is 0 Å². The lowest BCUT2D eigenvalue weighted by atomic mass is 10.0. The Bertz CT molecular complexity index is 640. The molecule has 3 heteroatoms. The Morgan fingerprint density at radius 3 is 2.84 bits per heavy atom. The van der Waals surface area contributed by atoms with Crippen LogP contribution in [0.15, 0.2) is 30.5 Å². The first kappa shape index (κ1) is 12.0. The number of carbonyl (C=O) groups excluding carboxylic acids is 1. The van der Waals surface area contributed by atoms with Crippen molar-refractivity contribution in [1.29, 1.82) is 0 Å². The molecule has 0 saturated heterocycles. The Hall–Kier alpha value is -2.03. The van der Waals surface area contributed by atoms with Crippen LogP contribution in [0.3, 0.4) is 0 Å². The summed E-state index contributed by atoms with van der Waals surface area (Å²) in [6, 6.07) is 8.45. The highest BCUT2D eigenvalue weighted by atomic mass is 16.5. The number of benzene rings is 1. The maximum atomic E-state index is 11.9. The molecule has 0 amide bonds. The highest BCUT2D eigenvalue weighted by Crippen LogP contribution is 2.35. The second-order valence-corrected chi connectivity index (χ2v) is 4.98. The van der Waals surface area contributed by atoms with Crippen molar-refractivity contribution >= 4 is 5.97 Å². The molecule has 19 heavy (non-hydrogen) atoms. The van der Waals surface area contributed by atoms with Gasteiger partial charge in [0.1, 0.15) is 0 Å². The summed E-state index contributed by atoms with van der Waals surface area (Å²) < 4.78 is 6.94. The van der Waals surface area contributed by atoms with Gasteiger partial charge in [0.25, 0.3) is 0 Å². The average molecular weight is 255 g/mol. The van der Waals surface area contributed by atoms with E-state index in [1.54, 1.807) is 0 Å². The standard InChI is InChI=1S/C16H17NO2/c1-17-10-14(16(18)19-2)13-9-5-7-11-6-3-4-8-12(11)15(13)17/h3-4,6,8,10H,5,7,9H2,1-2H3. The third kappa shape index (κ3) is 1.86. The van der Waals surface area contributed by atoms with Gasteiger partial charge in [-0.05, 0) is 30.4 Å². The summed E-state index contributed by atoms with van der Waals surface area (Å²) in [7, 11) is 3.43. The van der Waals surface area contributed by atoms with Crippen LogP contribution < -0.4 is 0 Å². The number of nitrogens with zero attached hydrogens (tertiary/aromatic N) is 1. The van der Waals surface area contributed by atoms with E-state index in [0.29, 0.717) is 5.56 Å². The van der Waals surface area contributed by atoms with Crippen LogP contribution in [0.4, 0.5) is 0 Å². The molecule has 0 spiro atoms. The largest absolute Gasteiger partial charge is 0.465 e. The third-order valence-electron chi connectivity index (χ3n) is 3.84. The van der Waals surface area contributed by atoms with Gasteiger partial charge in [0, 0.05) is 18.8 Å². The summed E-state index contributed by atoms with van der Waals surface area (Å²) in [5.41, 5.74) is 5.59. The van der Waals surface area contributed by atoms with Crippen molar-refractivity contribution in [2.24, 2.45) is 7.05 Å². The van der Waals surface area contributed by atoms with E-state index in [9.17, 15) is 4.79 Å². The van der Waals surface area contributed by atoms with E-state index in [2.05, 4.69) is 24.3 Å². The maximum Gasteiger partial charge on any atom is 0.339 e. The molecule has 3 rings (SSSR count). The van der Waals surface area contributed by atoms with Crippen molar-refractivity contribution < 1.29 is 9.53 Å². The number of hydrogen-bond acceptors (Lipinski definition) is 2. The number of aryl methyl sites for hydroxylation is 2. The molecule has 1 aliphatic carbocycles. The molecule has 0 N–H and O–H groups in total. The lowest BCUT2D eigenvalue weighted by Crippen LogP contribution is -2.03. The SMILES string of the molecule is COC(=O)c1cn(C)c2c1CCCc1ccccc1-2. The second-order valence-electron chi connectivity index (χ2n) is 4.98. The van der Waals surface area contributed by atoms with Crippen molar-refractivity contribution in [2.75, 3.05) is 7.11 Å². The number of aromatic nitrogens is 1. The first-order valence-corrected chi connectivity index (χ1v) is 6.57. The van der Waals surface area contributed by atoms with Crippen molar-refractivity contribution in [3.05, 3.63) is 47.2 Å². The zero-order chi connectivity index (χ0) is 13.4. The zero-order valence-electron chi connectivity index (χ0n) is 11.3. The van der Waals surface area contributed by atoms with Crippen LogP contribution in [0.1, 0.15) is 27.9 Å². The van der Waals surface area contributed by atoms with Crippen molar-refractivity contribution in [3.8, 4) is 11.3 Å². The van der Waals surface area contributed by atoms with Gasteiger partial charge in [0.15, 0.2) is 0 Å². The lowest BCUT2D eigenvalue weighted by Gasteiger charge is -2.08. The van der Waals surface area contributed by atoms with E-state index in [0.717, 1.165) is 30.5 Å². The van der Waals surface area contributed by atoms with Gasteiger partial charge in [-0.3, -0.25) is 0 Å². The molecule has 1 aliphatic rings. The molecule has 98 valence electrons. The van der Waals surface area contributed by atoms with Gasteiger partial charge in [-0.15, -0.1) is 0 Å². The van der Waals surface area contributed by atoms with Crippen molar-refractivity contribution in [1.82, 2.24) is 4.57 Å². The Kier molecular flexibility index (Phi) is 2.90. The smallest absolute Gasteiger partial charge is 0.339 e. The minimum Gasteiger partial charge on any atom is -0.465 e. The van der Waals surface area contributed by atoms with Gasteiger partial charge in [-0.2, -0.15) is 0 Å². The molecular weight excluding hydrogens is 238 g/mol. The topological polar surface area (TPSA) is 31.2 Å². The molecule has 0 aliphatic heterocycles. The lowest BCUT2D eigenvalue weighted by molar-refractivity contribution is 0.0599. The fraction of sp³-hybridized carbons (Fsp3) is 0.312. The van der Waals surface area contributed by atoms with E-state index < -0.39 is 0 Å². The number of methoxy groups -OCH3 is 1. The highest BCUT2D eigenvalue weighted by Gasteiger charge is 2.24. The van der Waals surface area contributed by atoms with Crippen LogP contribution in [0.2, 0.25) is 0 Å². The van der Waals surface area contributed by atoms with Crippen LogP contribution in [0.5, 0.6) is 0 Å². The molecule has 0 bridgehead atoms. The number of rotatable bonds is 1. The summed E-state index contributed by atoms with van der Waals surface area (Å²) in [5, 5.41) is 0. The Morgan fingerprint density at radius 2 is 2.05 bits per heavy atom. The van der Waals surface area contributed by atoms with Crippen LogP contribution >= 0.6 is 0 Å². The summed E-state index contributed by atoms with van der Waals surface area (Å²) in [6.07, 6.45) is 4.94. The molecule has 2 aromatic rings. The van der Waals surface area contributed by atoms with Crippen molar-refractivity contribution in [3.63, 3.8) is 0 Å². The Balaban J connectivity index is 2.25. The molecule has 0 unspecified atom stereocenters. The Morgan fingerprint density at radius 1 is 1.26 bits per heavy atom. The van der Waals surface area contributed by atoms with Gasteiger partial charge in [-0.25, -0.2) is 4.79 Å². The minimum atomic E-state index is -0.240. The number of fused-ring (bicyclic) bond motifs is 3. The third-order valence-corrected chi connectivity index (χ3v) is 3.84. The van der Waals surface area contributed by atoms with Gasteiger partial charge in [0.2, 0.25) is 0 Å². The molecule has 0 radical (unpaired) electrons. The van der Waals surface area contributed by atoms with E-state index >= 15 is 0 Å². The molecule has 0 fully saturated rings. The maximum absolute atomic E-state index is 11.9. The molecule has 1 aromatic carbocycles. The summed E-state index contributed by atoms with van der Waals surface area (Å²) in [6.45, 7) is 0. The van der Waals surface area contributed by atoms with E-state index in [4.69, 9.17) is 4.74 Å². The molecular formula is C16H17NO2. The number of ether oxygens (including phenoxy) is 1. The normalized spacial score (nSPS) is 13.4. The van der Waals surface area contributed by atoms with Gasteiger partial charge >= 0.3 is 5.97 Å². The fourth-order valence-electron chi connectivity index (χ4n) is 2.99. The number of esters is 1. The first-order chi connectivity index (χ1) is 9.22. The highest BCUT2D eigenvalue weighted by molar-refractivity contribution is 5.94.